The molecular formula is C14H25N3O2. The molecule has 5 heteroatoms. The Kier molecular flexibility index (Phi) is 5.79. The minimum absolute atomic E-state index is 0.456. The maximum absolute atomic E-state index is 5.42. The summed E-state index contributed by atoms with van der Waals surface area (Å²) in [4.78, 5) is 4.41. The first-order chi connectivity index (χ1) is 9.33. The first kappa shape index (κ1) is 14.5. The number of nitrogens with one attached hydrogen (secondary N) is 1. The maximum atomic E-state index is 5.42. The Morgan fingerprint density at radius 2 is 2.21 bits per heavy atom. The van der Waals surface area contributed by atoms with Gasteiger partial charge in [-0.3, -0.25) is 0 Å². The van der Waals surface area contributed by atoms with Gasteiger partial charge < -0.3 is 14.6 Å². The molecule has 1 aromatic rings. The molecule has 1 saturated carbocycles. The van der Waals surface area contributed by atoms with Crippen LogP contribution < -0.4 is 5.32 Å². The van der Waals surface area contributed by atoms with Crippen LogP contribution in [0.3, 0.4) is 0 Å². The van der Waals surface area contributed by atoms with E-state index in [1.807, 2.05) is 7.05 Å². The second-order valence-electron chi connectivity index (χ2n) is 5.30. The third-order valence-electron chi connectivity index (χ3n) is 3.81. The zero-order valence-corrected chi connectivity index (χ0v) is 12.0. The molecule has 1 aliphatic rings. The van der Waals surface area contributed by atoms with E-state index in [1.165, 1.54) is 25.7 Å². The second kappa shape index (κ2) is 7.60. The summed E-state index contributed by atoms with van der Waals surface area (Å²) in [5, 5.41) is 7.38. The van der Waals surface area contributed by atoms with E-state index >= 15 is 0 Å². The Hall–Kier alpha value is -0.940. The van der Waals surface area contributed by atoms with Gasteiger partial charge in [0, 0.05) is 19.1 Å². The largest absolute Gasteiger partial charge is 0.373 e. The molecular weight excluding hydrogens is 242 g/mol. The van der Waals surface area contributed by atoms with Gasteiger partial charge >= 0.3 is 0 Å². The molecule has 5 nitrogen and oxygen atoms in total. The molecule has 0 saturated heterocycles. The lowest BCUT2D eigenvalue weighted by Gasteiger charge is -2.30. The van der Waals surface area contributed by atoms with E-state index < -0.39 is 0 Å². The average molecular weight is 267 g/mol. The van der Waals surface area contributed by atoms with Gasteiger partial charge in [-0.2, -0.15) is 4.98 Å². The molecule has 1 N–H and O–H groups in total. The van der Waals surface area contributed by atoms with Gasteiger partial charge in [0.05, 0.1) is 0 Å². The van der Waals surface area contributed by atoms with E-state index in [0.29, 0.717) is 24.4 Å². The van der Waals surface area contributed by atoms with Crippen LogP contribution in [0.2, 0.25) is 0 Å². The van der Waals surface area contributed by atoms with Gasteiger partial charge in [0.15, 0.2) is 5.82 Å². The van der Waals surface area contributed by atoms with Crippen LogP contribution in [0.4, 0.5) is 0 Å². The van der Waals surface area contributed by atoms with Crippen LogP contribution in [-0.4, -0.2) is 29.8 Å². The lowest BCUT2D eigenvalue weighted by molar-refractivity contribution is 0.114. The average Bonchev–Trinajstić information content (AvgIpc) is 2.87. The van der Waals surface area contributed by atoms with E-state index in [0.717, 1.165) is 25.3 Å². The molecule has 0 bridgehead atoms. The van der Waals surface area contributed by atoms with Crippen LogP contribution in [0.1, 0.15) is 50.7 Å². The van der Waals surface area contributed by atoms with Crippen molar-refractivity contribution in [2.45, 2.75) is 58.1 Å². The topological polar surface area (TPSA) is 60.2 Å². The summed E-state index contributed by atoms with van der Waals surface area (Å²) in [7, 11) is 2.04. The molecule has 1 aromatic heterocycles. The van der Waals surface area contributed by atoms with E-state index in [9.17, 15) is 0 Å². The van der Waals surface area contributed by atoms with Crippen LogP contribution in [-0.2, 0) is 17.8 Å². The summed E-state index contributed by atoms with van der Waals surface area (Å²) in [6, 6.07) is 0.584. The highest BCUT2D eigenvalue weighted by Crippen LogP contribution is 2.26. The van der Waals surface area contributed by atoms with Crippen molar-refractivity contribution in [3.05, 3.63) is 11.7 Å². The zero-order valence-electron chi connectivity index (χ0n) is 12.0. The van der Waals surface area contributed by atoms with Crippen LogP contribution in [0, 0.1) is 5.92 Å². The van der Waals surface area contributed by atoms with E-state index in [2.05, 4.69) is 22.4 Å². The highest BCUT2D eigenvalue weighted by atomic mass is 16.5. The zero-order chi connectivity index (χ0) is 13.5. The van der Waals surface area contributed by atoms with Crippen molar-refractivity contribution in [2.24, 2.45) is 5.92 Å². The molecule has 0 spiro atoms. The molecule has 0 amide bonds. The van der Waals surface area contributed by atoms with Gasteiger partial charge in [-0.05, 0) is 32.2 Å². The van der Waals surface area contributed by atoms with Gasteiger partial charge in [0.25, 0.3) is 0 Å². The van der Waals surface area contributed by atoms with E-state index in [4.69, 9.17) is 9.26 Å². The predicted octanol–water partition coefficient (Wildman–Crippen LogP) is 2.32. The van der Waals surface area contributed by atoms with Crippen LogP contribution >= 0.6 is 0 Å². The highest BCUT2D eigenvalue weighted by Gasteiger charge is 2.25. The fourth-order valence-electron chi connectivity index (χ4n) is 2.80. The highest BCUT2D eigenvalue weighted by molar-refractivity contribution is 4.91. The molecule has 1 heterocycles. The van der Waals surface area contributed by atoms with Crippen LogP contribution in [0.15, 0.2) is 4.52 Å². The number of hydrogen-bond acceptors (Lipinski definition) is 5. The van der Waals surface area contributed by atoms with Gasteiger partial charge in [-0.15, -0.1) is 0 Å². The fraction of sp³-hybridized carbons (Fsp3) is 0.857. The quantitative estimate of drug-likeness (QED) is 0.768. The lowest BCUT2D eigenvalue weighted by atomic mass is 9.82. The number of hydrogen-bond donors (Lipinski definition) is 1. The first-order valence-electron chi connectivity index (χ1n) is 7.40. The monoisotopic (exact) mass is 267 g/mol. The summed E-state index contributed by atoms with van der Waals surface area (Å²) in [5.74, 6) is 2.03. The van der Waals surface area contributed by atoms with Gasteiger partial charge in [0.2, 0.25) is 5.89 Å². The summed E-state index contributed by atoms with van der Waals surface area (Å²) in [6.45, 7) is 3.29. The molecule has 2 rings (SSSR count). The Labute approximate surface area is 115 Å². The van der Waals surface area contributed by atoms with Crippen molar-refractivity contribution in [1.82, 2.24) is 15.5 Å². The van der Waals surface area contributed by atoms with Crippen LogP contribution in [0.25, 0.3) is 0 Å². The first-order valence-corrected chi connectivity index (χ1v) is 7.40. The molecule has 1 fully saturated rings. The minimum Gasteiger partial charge on any atom is -0.373 e. The predicted molar refractivity (Wildman–Crippen MR) is 72.8 cm³/mol. The third-order valence-corrected chi connectivity index (χ3v) is 3.81. The Balaban J connectivity index is 1.84. The maximum Gasteiger partial charge on any atom is 0.227 e. The number of ether oxygens (including phenoxy) is 1. The number of aromatic nitrogens is 2. The van der Waals surface area contributed by atoms with Gasteiger partial charge in [0.1, 0.15) is 6.61 Å². The smallest absolute Gasteiger partial charge is 0.227 e. The normalized spacial score (nSPS) is 23.7. The molecule has 0 aromatic carbocycles. The Morgan fingerprint density at radius 3 is 3.00 bits per heavy atom. The van der Waals surface area contributed by atoms with E-state index in [-0.39, 0.29) is 0 Å². The molecule has 0 radical (unpaired) electrons. The van der Waals surface area contributed by atoms with Crippen molar-refractivity contribution in [3.63, 3.8) is 0 Å². The summed E-state index contributed by atoms with van der Waals surface area (Å²) >= 11 is 0. The van der Waals surface area contributed by atoms with Crippen molar-refractivity contribution in [1.29, 1.82) is 0 Å². The van der Waals surface area contributed by atoms with Gasteiger partial charge in [-0.25, -0.2) is 0 Å². The SMILES string of the molecule is CCCOCc1noc(CC2CCCCC2NC)n1. The fourth-order valence-corrected chi connectivity index (χ4v) is 2.80. The molecule has 0 aliphatic heterocycles. The van der Waals surface area contributed by atoms with E-state index in [1.54, 1.807) is 0 Å². The molecule has 1 aliphatic carbocycles. The Morgan fingerprint density at radius 1 is 1.37 bits per heavy atom. The van der Waals surface area contributed by atoms with Crippen molar-refractivity contribution >= 4 is 0 Å². The lowest BCUT2D eigenvalue weighted by Crippen LogP contribution is -2.37. The third kappa shape index (κ3) is 4.28. The summed E-state index contributed by atoms with van der Waals surface area (Å²) < 4.78 is 10.7. The number of nitrogens with zero attached hydrogens (tertiary/aromatic N) is 2. The summed E-state index contributed by atoms with van der Waals surface area (Å²) in [6.07, 6.45) is 7.02. The minimum atomic E-state index is 0.456. The second-order valence-corrected chi connectivity index (χ2v) is 5.30. The summed E-state index contributed by atoms with van der Waals surface area (Å²) in [5.41, 5.74) is 0. The van der Waals surface area contributed by atoms with Crippen molar-refractivity contribution in [3.8, 4) is 0 Å². The Bertz CT molecular complexity index is 367. The standard InChI is InChI=1S/C14H25N3O2/c1-3-8-18-10-13-16-14(19-17-13)9-11-6-4-5-7-12(11)15-2/h11-12,15H,3-10H2,1-2H3. The van der Waals surface area contributed by atoms with Crippen molar-refractivity contribution < 1.29 is 9.26 Å². The van der Waals surface area contributed by atoms with Gasteiger partial charge in [-0.1, -0.05) is 24.9 Å². The molecule has 2 atom stereocenters. The molecule has 108 valence electrons. The molecule has 2 unspecified atom stereocenters. The molecule has 19 heavy (non-hydrogen) atoms. The van der Waals surface area contributed by atoms with Crippen LogP contribution in [0.5, 0.6) is 0 Å². The number of rotatable bonds is 7. The van der Waals surface area contributed by atoms with Crippen molar-refractivity contribution in [2.75, 3.05) is 13.7 Å².